The molecule has 2 rings (SSSR count). The first-order chi connectivity index (χ1) is 8.28. The number of benzene rings is 2. The van der Waals surface area contributed by atoms with Crippen LogP contribution in [-0.2, 0) is 5.75 Å². The van der Waals surface area contributed by atoms with Gasteiger partial charge < -0.3 is 0 Å². The summed E-state index contributed by atoms with van der Waals surface area (Å²) in [4.78, 5) is 0.911. The molecule has 0 saturated carbocycles. The number of halogens is 1. The minimum Gasteiger partial charge on any atom is -0.207 e. The van der Waals surface area contributed by atoms with Crippen molar-refractivity contribution in [1.82, 2.24) is 0 Å². The summed E-state index contributed by atoms with van der Waals surface area (Å²) in [5.74, 6) is 0.560. The smallest absolute Gasteiger partial charge is 0.124 e. The summed E-state index contributed by atoms with van der Waals surface area (Å²) in [7, 11) is 0. The number of nitriles is 1. The van der Waals surface area contributed by atoms with Gasteiger partial charge in [0.1, 0.15) is 5.82 Å². The SMILES string of the molecule is N#Cc1ccc(CSc2cccc(F)c2)cc1. The third-order valence-electron chi connectivity index (χ3n) is 2.28. The van der Waals surface area contributed by atoms with Crippen LogP contribution in [0.2, 0.25) is 0 Å². The van der Waals surface area contributed by atoms with Gasteiger partial charge in [0.15, 0.2) is 0 Å². The van der Waals surface area contributed by atoms with Crippen LogP contribution in [0.3, 0.4) is 0 Å². The van der Waals surface area contributed by atoms with E-state index in [1.807, 2.05) is 18.2 Å². The fourth-order valence-electron chi connectivity index (χ4n) is 1.40. The van der Waals surface area contributed by atoms with Crippen molar-refractivity contribution in [3.8, 4) is 6.07 Å². The monoisotopic (exact) mass is 243 g/mol. The second-order valence-corrected chi connectivity index (χ2v) is 4.60. The normalized spacial score (nSPS) is 9.88. The topological polar surface area (TPSA) is 23.8 Å². The molecule has 0 radical (unpaired) electrons. The van der Waals surface area contributed by atoms with Gasteiger partial charge >= 0.3 is 0 Å². The lowest BCUT2D eigenvalue weighted by Crippen LogP contribution is -1.82. The number of hydrogen-bond acceptors (Lipinski definition) is 2. The van der Waals surface area contributed by atoms with Crippen LogP contribution in [0.5, 0.6) is 0 Å². The Kier molecular flexibility index (Phi) is 3.79. The van der Waals surface area contributed by atoms with Crippen LogP contribution in [-0.4, -0.2) is 0 Å². The van der Waals surface area contributed by atoms with Crippen molar-refractivity contribution in [2.75, 3.05) is 0 Å². The first-order valence-electron chi connectivity index (χ1n) is 5.15. The molecule has 0 saturated heterocycles. The number of rotatable bonds is 3. The fourth-order valence-corrected chi connectivity index (χ4v) is 2.30. The van der Waals surface area contributed by atoms with Crippen molar-refractivity contribution in [3.05, 3.63) is 65.5 Å². The lowest BCUT2D eigenvalue weighted by atomic mass is 10.2. The van der Waals surface area contributed by atoms with Crippen molar-refractivity contribution in [3.63, 3.8) is 0 Å². The molecule has 0 N–H and O–H groups in total. The van der Waals surface area contributed by atoms with E-state index in [4.69, 9.17) is 5.26 Å². The maximum absolute atomic E-state index is 12.9. The molecule has 0 aliphatic heterocycles. The molecule has 3 heteroatoms. The highest BCUT2D eigenvalue weighted by Gasteiger charge is 1.98. The molecule has 0 aromatic heterocycles. The number of thioether (sulfide) groups is 1. The van der Waals surface area contributed by atoms with Gasteiger partial charge in [0.05, 0.1) is 11.6 Å². The second-order valence-electron chi connectivity index (χ2n) is 3.55. The molecule has 0 fully saturated rings. The summed E-state index contributed by atoms with van der Waals surface area (Å²) in [6.45, 7) is 0. The zero-order valence-corrected chi connectivity index (χ0v) is 9.88. The van der Waals surface area contributed by atoms with Crippen LogP contribution in [0.15, 0.2) is 53.4 Å². The minimum atomic E-state index is -0.213. The Bertz CT molecular complexity index is 543. The van der Waals surface area contributed by atoms with Crippen LogP contribution in [0.4, 0.5) is 4.39 Å². The van der Waals surface area contributed by atoms with E-state index in [9.17, 15) is 4.39 Å². The Balaban J connectivity index is 2.00. The molecular formula is C14H10FNS. The highest BCUT2D eigenvalue weighted by molar-refractivity contribution is 7.98. The summed E-state index contributed by atoms with van der Waals surface area (Å²) < 4.78 is 12.9. The molecule has 84 valence electrons. The first-order valence-corrected chi connectivity index (χ1v) is 6.14. The van der Waals surface area contributed by atoms with Crippen molar-refractivity contribution in [2.45, 2.75) is 10.6 Å². The first kappa shape index (κ1) is 11.7. The summed E-state index contributed by atoms with van der Waals surface area (Å²) in [6, 6.07) is 16.1. The van der Waals surface area contributed by atoms with E-state index in [1.165, 1.54) is 12.1 Å². The van der Waals surface area contributed by atoms with E-state index in [0.717, 1.165) is 16.2 Å². The van der Waals surface area contributed by atoms with E-state index in [1.54, 1.807) is 30.0 Å². The highest BCUT2D eigenvalue weighted by Crippen LogP contribution is 2.23. The lowest BCUT2D eigenvalue weighted by molar-refractivity contribution is 0.624. The van der Waals surface area contributed by atoms with Gasteiger partial charge in [-0.1, -0.05) is 18.2 Å². The van der Waals surface area contributed by atoms with E-state index in [0.29, 0.717) is 5.56 Å². The summed E-state index contributed by atoms with van der Waals surface area (Å²) in [6.07, 6.45) is 0. The van der Waals surface area contributed by atoms with Gasteiger partial charge in [-0.05, 0) is 35.9 Å². The van der Waals surface area contributed by atoms with E-state index >= 15 is 0 Å². The van der Waals surface area contributed by atoms with Gasteiger partial charge in [-0.3, -0.25) is 0 Å². The summed E-state index contributed by atoms with van der Waals surface area (Å²) >= 11 is 1.58. The van der Waals surface area contributed by atoms with Crippen LogP contribution in [0.1, 0.15) is 11.1 Å². The average molecular weight is 243 g/mol. The highest BCUT2D eigenvalue weighted by atomic mass is 32.2. The van der Waals surface area contributed by atoms with Crippen molar-refractivity contribution in [1.29, 1.82) is 5.26 Å². The van der Waals surface area contributed by atoms with Crippen LogP contribution < -0.4 is 0 Å². The van der Waals surface area contributed by atoms with Gasteiger partial charge in [0.25, 0.3) is 0 Å². The Labute approximate surface area is 104 Å². The van der Waals surface area contributed by atoms with E-state index < -0.39 is 0 Å². The minimum absolute atomic E-state index is 0.213. The molecule has 2 aromatic carbocycles. The molecule has 0 atom stereocenters. The Hall–Kier alpha value is -1.79. The molecule has 0 unspecified atom stereocenters. The van der Waals surface area contributed by atoms with Gasteiger partial charge in [-0.2, -0.15) is 5.26 Å². The molecule has 1 nitrogen and oxygen atoms in total. The molecule has 0 heterocycles. The summed E-state index contributed by atoms with van der Waals surface area (Å²) in [5, 5.41) is 8.67. The Morgan fingerprint density at radius 2 is 1.88 bits per heavy atom. The van der Waals surface area contributed by atoms with Crippen molar-refractivity contribution in [2.24, 2.45) is 0 Å². The quantitative estimate of drug-likeness (QED) is 0.761. The van der Waals surface area contributed by atoms with Gasteiger partial charge in [0.2, 0.25) is 0 Å². The Morgan fingerprint density at radius 1 is 1.12 bits per heavy atom. The van der Waals surface area contributed by atoms with Crippen LogP contribution in [0, 0.1) is 17.1 Å². The van der Waals surface area contributed by atoms with Gasteiger partial charge in [-0.25, -0.2) is 4.39 Å². The predicted molar refractivity (Wildman–Crippen MR) is 67.1 cm³/mol. The zero-order valence-electron chi connectivity index (χ0n) is 9.06. The average Bonchev–Trinajstić information content (AvgIpc) is 2.37. The van der Waals surface area contributed by atoms with Gasteiger partial charge in [-0.15, -0.1) is 11.8 Å². The number of hydrogen-bond donors (Lipinski definition) is 0. The predicted octanol–water partition coefficient (Wildman–Crippen LogP) is 3.99. The summed E-state index contributed by atoms with van der Waals surface area (Å²) in [5.41, 5.74) is 1.78. The Morgan fingerprint density at radius 3 is 2.53 bits per heavy atom. The molecule has 0 bridgehead atoms. The van der Waals surface area contributed by atoms with Crippen LogP contribution in [0.25, 0.3) is 0 Å². The molecular weight excluding hydrogens is 233 g/mol. The molecule has 17 heavy (non-hydrogen) atoms. The zero-order chi connectivity index (χ0) is 12.1. The van der Waals surface area contributed by atoms with Crippen molar-refractivity contribution < 1.29 is 4.39 Å². The fraction of sp³-hybridized carbons (Fsp3) is 0.0714. The van der Waals surface area contributed by atoms with Crippen LogP contribution >= 0.6 is 11.8 Å². The third kappa shape index (κ3) is 3.33. The lowest BCUT2D eigenvalue weighted by Gasteiger charge is -2.02. The largest absolute Gasteiger partial charge is 0.207 e. The second kappa shape index (κ2) is 5.51. The van der Waals surface area contributed by atoms with Crippen molar-refractivity contribution >= 4 is 11.8 Å². The molecule has 0 aliphatic rings. The third-order valence-corrected chi connectivity index (χ3v) is 3.35. The molecule has 2 aromatic rings. The maximum Gasteiger partial charge on any atom is 0.124 e. The van der Waals surface area contributed by atoms with E-state index in [-0.39, 0.29) is 5.82 Å². The molecule has 0 amide bonds. The molecule has 0 aliphatic carbocycles. The molecule has 0 spiro atoms. The van der Waals surface area contributed by atoms with E-state index in [2.05, 4.69) is 6.07 Å². The van der Waals surface area contributed by atoms with Gasteiger partial charge in [0, 0.05) is 10.6 Å². The maximum atomic E-state index is 12.9. The standard InChI is InChI=1S/C14H10FNS/c15-13-2-1-3-14(8-13)17-10-12-6-4-11(9-16)5-7-12/h1-8H,10H2. The number of nitrogens with zero attached hydrogens (tertiary/aromatic N) is 1.